The molecule has 180 valence electrons. The molecule has 4 nitrogen and oxygen atoms in total. The van der Waals surface area contributed by atoms with Gasteiger partial charge in [-0.05, 0) is 80.2 Å². The molecule has 0 spiro atoms. The second kappa shape index (κ2) is 13.0. The minimum atomic E-state index is -1.23. The first-order chi connectivity index (χ1) is 16.0. The van der Waals surface area contributed by atoms with Crippen molar-refractivity contribution in [1.82, 2.24) is 9.30 Å². The number of aromatic nitrogens is 1. The molecule has 0 saturated carbocycles. The van der Waals surface area contributed by atoms with E-state index >= 15 is 0 Å². The van der Waals surface area contributed by atoms with Crippen LogP contribution in [0.5, 0.6) is 5.75 Å². The van der Waals surface area contributed by atoms with Crippen LogP contribution in [-0.4, -0.2) is 39.8 Å². The normalized spacial score (nSPS) is 12.7. The van der Waals surface area contributed by atoms with Gasteiger partial charge in [-0.1, -0.05) is 46.6 Å². The molecule has 2 aromatic heterocycles. The summed E-state index contributed by atoms with van der Waals surface area (Å²) in [5, 5.41) is 0. The van der Waals surface area contributed by atoms with E-state index in [0.717, 1.165) is 39.6 Å². The largest absolute Gasteiger partial charge is 0.494 e. The molecule has 1 unspecified atom stereocenters. The number of pyridine rings is 1. The monoisotopic (exact) mass is 468 g/mol. The number of ether oxygens (including phenoxy) is 1. The smallest absolute Gasteiger partial charge is 0.119 e. The summed E-state index contributed by atoms with van der Waals surface area (Å²) in [4.78, 5) is 4.29. The lowest BCUT2D eigenvalue weighted by Gasteiger charge is -2.21. The maximum atomic E-state index is 13.5. The van der Waals surface area contributed by atoms with E-state index in [4.69, 9.17) is 4.74 Å². The van der Waals surface area contributed by atoms with Crippen LogP contribution in [0.2, 0.25) is 0 Å². The zero-order chi connectivity index (χ0) is 23.6. The fourth-order valence-electron chi connectivity index (χ4n) is 4.08. The van der Waals surface area contributed by atoms with Gasteiger partial charge in [0.15, 0.2) is 0 Å². The highest BCUT2D eigenvalue weighted by Gasteiger charge is 2.20. The van der Waals surface area contributed by atoms with Crippen LogP contribution in [0, 0.1) is 0 Å². The lowest BCUT2D eigenvalue weighted by atomic mass is 10.1. The Bertz CT molecular complexity index is 1000. The van der Waals surface area contributed by atoms with E-state index in [-0.39, 0.29) is 0 Å². The van der Waals surface area contributed by atoms with Crippen molar-refractivity contribution in [2.24, 2.45) is 0 Å². The standard InChI is InChI=1S/C28H40N2O2S/c1-5-7-17-29(18-8-6-2)19-11-21-32-24-13-15-25(16-14-24)33(31)28-26(23(3)4)22-30-20-10-9-12-27(28)30/h9-10,12-16,20,22-23H,5-8,11,17-19,21H2,1-4H3. The highest BCUT2D eigenvalue weighted by Crippen LogP contribution is 2.32. The van der Waals surface area contributed by atoms with Crippen LogP contribution >= 0.6 is 0 Å². The van der Waals surface area contributed by atoms with E-state index in [2.05, 4.69) is 43.2 Å². The van der Waals surface area contributed by atoms with Gasteiger partial charge in [0.05, 0.1) is 27.8 Å². The molecule has 33 heavy (non-hydrogen) atoms. The highest BCUT2D eigenvalue weighted by atomic mass is 32.2. The van der Waals surface area contributed by atoms with Gasteiger partial charge in [-0.25, -0.2) is 4.21 Å². The molecule has 0 amide bonds. The second-order valence-corrected chi connectivity index (χ2v) is 10.5. The molecule has 3 rings (SSSR count). The fraction of sp³-hybridized carbons (Fsp3) is 0.500. The van der Waals surface area contributed by atoms with Gasteiger partial charge in [-0.3, -0.25) is 0 Å². The topological polar surface area (TPSA) is 34.0 Å². The van der Waals surface area contributed by atoms with E-state index in [1.54, 1.807) is 0 Å². The third-order valence-corrected chi connectivity index (χ3v) is 7.57. The van der Waals surface area contributed by atoms with Crippen LogP contribution in [0.25, 0.3) is 5.52 Å². The minimum Gasteiger partial charge on any atom is -0.494 e. The third kappa shape index (κ3) is 6.94. The lowest BCUT2D eigenvalue weighted by molar-refractivity contribution is 0.229. The highest BCUT2D eigenvalue weighted by molar-refractivity contribution is 7.85. The molecule has 5 heteroatoms. The van der Waals surface area contributed by atoms with Crippen LogP contribution in [0.1, 0.15) is 71.3 Å². The van der Waals surface area contributed by atoms with E-state index < -0.39 is 10.8 Å². The molecule has 0 saturated heterocycles. The summed E-state index contributed by atoms with van der Waals surface area (Å²) in [6, 6.07) is 13.8. The number of hydrogen-bond acceptors (Lipinski definition) is 3. The van der Waals surface area contributed by atoms with E-state index in [9.17, 15) is 4.21 Å². The Morgan fingerprint density at radius 1 is 0.939 bits per heavy atom. The molecular formula is C28H40N2O2S. The molecule has 1 atom stereocenters. The Labute approximate surface area is 202 Å². The summed E-state index contributed by atoms with van der Waals surface area (Å²) < 4.78 is 21.6. The van der Waals surface area contributed by atoms with Crippen molar-refractivity contribution in [2.45, 2.75) is 75.5 Å². The van der Waals surface area contributed by atoms with Crippen molar-refractivity contribution in [2.75, 3.05) is 26.2 Å². The average molecular weight is 469 g/mol. The quantitative estimate of drug-likeness (QED) is 0.241. The Morgan fingerprint density at radius 3 is 2.24 bits per heavy atom. The van der Waals surface area contributed by atoms with Crippen molar-refractivity contribution in [3.8, 4) is 5.75 Å². The molecule has 0 aliphatic heterocycles. The summed E-state index contributed by atoms with van der Waals surface area (Å²) in [6.45, 7) is 13.0. The Hall–Kier alpha value is -2.11. The Kier molecular flexibility index (Phi) is 10.0. The van der Waals surface area contributed by atoms with Crippen molar-refractivity contribution in [3.63, 3.8) is 0 Å². The van der Waals surface area contributed by atoms with Gasteiger partial charge in [0, 0.05) is 23.8 Å². The molecule has 3 aromatic rings. The van der Waals surface area contributed by atoms with Crippen molar-refractivity contribution >= 4 is 16.3 Å². The van der Waals surface area contributed by atoms with E-state index in [1.807, 2.05) is 48.7 Å². The second-order valence-electron chi connectivity index (χ2n) is 9.05. The lowest BCUT2D eigenvalue weighted by Crippen LogP contribution is -2.28. The molecule has 1 aromatic carbocycles. The zero-order valence-electron chi connectivity index (χ0n) is 20.8. The van der Waals surface area contributed by atoms with Gasteiger partial charge in [-0.15, -0.1) is 0 Å². The van der Waals surface area contributed by atoms with Crippen molar-refractivity contribution in [1.29, 1.82) is 0 Å². The van der Waals surface area contributed by atoms with Crippen LogP contribution < -0.4 is 4.74 Å². The third-order valence-electron chi connectivity index (χ3n) is 6.05. The first-order valence-electron chi connectivity index (χ1n) is 12.5. The summed E-state index contributed by atoms with van der Waals surface area (Å²) >= 11 is 0. The first kappa shape index (κ1) is 25.5. The number of nitrogens with zero attached hydrogens (tertiary/aromatic N) is 2. The molecule has 0 bridgehead atoms. The summed E-state index contributed by atoms with van der Waals surface area (Å²) in [5.74, 6) is 1.15. The molecular weight excluding hydrogens is 428 g/mol. The van der Waals surface area contributed by atoms with Crippen molar-refractivity contribution < 1.29 is 8.95 Å². The molecule has 0 aliphatic carbocycles. The van der Waals surface area contributed by atoms with Gasteiger partial charge in [0.2, 0.25) is 0 Å². The number of unbranched alkanes of at least 4 members (excludes halogenated alkanes) is 2. The van der Waals surface area contributed by atoms with Gasteiger partial charge in [0.25, 0.3) is 0 Å². The SMILES string of the molecule is CCCCN(CCCC)CCCOc1ccc(S(=O)c2c(C(C)C)cn3ccccc23)cc1. The Balaban J connectivity index is 1.60. The number of rotatable bonds is 14. The van der Waals surface area contributed by atoms with Gasteiger partial charge in [0.1, 0.15) is 5.75 Å². The summed E-state index contributed by atoms with van der Waals surface area (Å²) in [6.07, 6.45) is 10.2. The van der Waals surface area contributed by atoms with Gasteiger partial charge >= 0.3 is 0 Å². The number of fused-ring (bicyclic) bond motifs is 1. The maximum absolute atomic E-state index is 13.5. The summed E-state index contributed by atoms with van der Waals surface area (Å²) in [7, 11) is -1.23. The molecule has 0 fully saturated rings. The van der Waals surface area contributed by atoms with Gasteiger partial charge < -0.3 is 14.0 Å². The Morgan fingerprint density at radius 2 is 1.61 bits per heavy atom. The van der Waals surface area contributed by atoms with E-state index in [0.29, 0.717) is 12.5 Å². The first-order valence-corrected chi connectivity index (χ1v) is 13.7. The van der Waals surface area contributed by atoms with Gasteiger partial charge in [-0.2, -0.15) is 0 Å². The predicted octanol–water partition coefficient (Wildman–Crippen LogP) is 6.90. The van der Waals surface area contributed by atoms with Crippen LogP contribution in [0.3, 0.4) is 0 Å². The molecule has 0 radical (unpaired) electrons. The fourth-order valence-corrected chi connectivity index (χ4v) is 5.57. The average Bonchev–Trinajstić information content (AvgIpc) is 3.23. The maximum Gasteiger partial charge on any atom is 0.119 e. The van der Waals surface area contributed by atoms with Crippen LogP contribution in [0.15, 0.2) is 64.6 Å². The van der Waals surface area contributed by atoms with Crippen molar-refractivity contribution in [3.05, 3.63) is 60.4 Å². The zero-order valence-corrected chi connectivity index (χ0v) is 21.6. The van der Waals surface area contributed by atoms with Crippen LogP contribution in [-0.2, 0) is 10.8 Å². The van der Waals surface area contributed by atoms with Crippen LogP contribution in [0.4, 0.5) is 0 Å². The van der Waals surface area contributed by atoms with E-state index in [1.165, 1.54) is 38.8 Å². The molecule has 0 aliphatic rings. The number of benzene rings is 1. The minimum absolute atomic E-state index is 0.306. The molecule has 0 N–H and O–H groups in total. The number of hydrogen-bond donors (Lipinski definition) is 0. The predicted molar refractivity (Wildman–Crippen MR) is 139 cm³/mol. The molecule has 2 heterocycles. The summed E-state index contributed by atoms with van der Waals surface area (Å²) in [5.41, 5.74) is 2.14.